The molecule has 1 unspecified atom stereocenters. The van der Waals surface area contributed by atoms with Gasteiger partial charge >= 0.3 is 0 Å². The van der Waals surface area contributed by atoms with Gasteiger partial charge in [-0.2, -0.15) is 5.26 Å². The van der Waals surface area contributed by atoms with E-state index in [9.17, 15) is 4.79 Å². The van der Waals surface area contributed by atoms with Crippen molar-refractivity contribution >= 4 is 22.5 Å². The van der Waals surface area contributed by atoms with Crippen molar-refractivity contribution in [3.8, 4) is 6.07 Å². The largest absolute Gasteiger partial charge is 0.277 e. The highest BCUT2D eigenvalue weighted by molar-refractivity contribution is 6.22. The molecule has 0 N–H and O–H groups in total. The Balaban J connectivity index is 2.54. The Kier molecular flexibility index (Phi) is 2.84. The Bertz CT molecular complexity index is 616. The Morgan fingerprint density at radius 3 is 3.00 bits per heavy atom. The maximum atomic E-state index is 11.9. The summed E-state index contributed by atoms with van der Waals surface area (Å²) in [5.41, 5.74) is 0.248. The summed E-state index contributed by atoms with van der Waals surface area (Å²) in [5.74, 6) is 0. The first-order valence-corrected chi connectivity index (χ1v) is 5.02. The maximum Gasteiger partial charge on any atom is 0.277 e. The van der Waals surface area contributed by atoms with Gasteiger partial charge in [0.1, 0.15) is 10.9 Å². The molecule has 1 heterocycles. The molecule has 1 aromatic heterocycles. The lowest BCUT2D eigenvalue weighted by atomic mass is 10.2. The number of fused-ring (bicyclic) bond motifs is 1. The third kappa shape index (κ3) is 1.88. The zero-order valence-corrected chi connectivity index (χ0v) is 8.92. The van der Waals surface area contributed by atoms with Gasteiger partial charge < -0.3 is 0 Å². The van der Waals surface area contributed by atoms with Crippen molar-refractivity contribution in [2.75, 3.05) is 0 Å². The number of rotatable bonds is 2. The minimum absolute atomic E-state index is 0.0364. The second-order valence-corrected chi connectivity index (χ2v) is 3.72. The molecule has 80 valence electrons. The van der Waals surface area contributed by atoms with Crippen molar-refractivity contribution in [1.82, 2.24) is 15.0 Å². The minimum Gasteiger partial charge on any atom is -0.267 e. The predicted molar refractivity (Wildman–Crippen MR) is 59.1 cm³/mol. The van der Waals surface area contributed by atoms with Gasteiger partial charge in [0.2, 0.25) is 0 Å². The average Bonchev–Trinajstić information content (AvgIpc) is 2.33. The molecule has 1 atom stereocenters. The molecule has 2 aromatic rings. The van der Waals surface area contributed by atoms with Crippen LogP contribution < -0.4 is 5.56 Å². The normalized spacial score (nSPS) is 12.2. The second-order valence-electron chi connectivity index (χ2n) is 3.19. The Labute approximate surface area is 95.9 Å². The van der Waals surface area contributed by atoms with Gasteiger partial charge in [-0.05, 0) is 12.1 Å². The predicted octanol–water partition coefficient (Wildman–Crippen LogP) is 0.922. The van der Waals surface area contributed by atoms with Crippen LogP contribution in [0.4, 0.5) is 0 Å². The molecular formula is C10H7ClN4O. The zero-order chi connectivity index (χ0) is 11.5. The fourth-order valence-corrected chi connectivity index (χ4v) is 1.47. The van der Waals surface area contributed by atoms with Crippen LogP contribution in [-0.4, -0.2) is 20.4 Å². The number of nitriles is 1. The summed E-state index contributed by atoms with van der Waals surface area (Å²) in [7, 11) is 0. The first-order chi connectivity index (χ1) is 7.72. The lowest BCUT2D eigenvalue weighted by molar-refractivity contribution is 0.561. The highest BCUT2D eigenvalue weighted by atomic mass is 35.5. The molecule has 1 aromatic carbocycles. The Morgan fingerprint density at radius 2 is 2.25 bits per heavy atom. The summed E-state index contributed by atoms with van der Waals surface area (Å²) < 4.78 is 1.10. The molecule has 2 rings (SSSR count). The van der Waals surface area contributed by atoms with E-state index in [0.717, 1.165) is 4.68 Å². The third-order valence-corrected chi connectivity index (χ3v) is 2.34. The van der Waals surface area contributed by atoms with E-state index in [1.807, 2.05) is 6.07 Å². The fourth-order valence-electron chi connectivity index (χ4n) is 1.34. The van der Waals surface area contributed by atoms with E-state index in [1.54, 1.807) is 24.3 Å². The van der Waals surface area contributed by atoms with Gasteiger partial charge in [0.15, 0.2) is 0 Å². The number of alkyl halides is 1. The quantitative estimate of drug-likeness (QED) is 0.725. The van der Waals surface area contributed by atoms with Gasteiger partial charge in [-0.1, -0.05) is 17.3 Å². The molecule has 0 aliphatic carbocycles. The van der Waals surface area contributed by atoms with Crippen LogP contribution in [0.1, 0.15) is 0 Å². The average molecular weight is 235 g/mol. The number of benzene rings is 1. The fraction of sp³-hybridized carbons (Fsp3) is 0.200. The van der Waals surface area contributed by atoms with Gasteiger partial charge in [0.05, 0.1) is 18.0 Å². The van der Waals surface area contributed by atoms with Crippen LogP contribution in [0, 0.1) is 11.3 Å². The monoisotopic (exact) mass is 234 g/mol. The molecule has 0 spiro atoms. The molecule has 16 heavy (non-hydrogen) atoms. The molecule has 0 saturated carbocycles. The standard InChI is InChI=1S/C10H7ClN4O/c11-7(5-12)6-15-10(16)8-3-1-2-4-9(8)13-14-15/h1-4,7H,6H2. The van der Waals surface area contributed by atoms with Gasteiger partial charge in [-0.15, -0.1) is 16.7 Å². The van der Waals surface area contributed by atoms with E-state index in [4.69, 9.17) is 16.9 Å². The van der Waals surface area contributed by atoms with Crippen LogP contribution in [0.5, 0.6) is 0 Å². The number of nitrogens with zero attached hydrogens (tertiary/aromatic N) is 4. The van der Waals surface area contributed by atoms with Crippen LogP contribution in [0.3, 0.4) is 0 Å². The molecule has 6 heteroatoms. The number of halogens is 1. The number of hydrogen-bond acceptors (Lipinski definition) is 4. The van der Waals surface area contributed by atoms with E-state index in [-0.39, 0.29) is 12.1 Å². The molecule has 0 fully saturated rings. The summed E-state index contributed by atoms with van der Waals surface area (Å²) in [6.45, 7) is 0.0364. The van der Waals surface area contributed by atoms with Crippen molar-refractivity contribution in [3.63, 3.8) is 0 Å². The van der Waals surface area contributed by atoms with E-state index in [1.165, 1.54) is 0 Å². The van der Waals surface area contributed by atoms with Crippen LogP contribution in [0.15, 0.2) is 29.1 Å². The van der Waals surface area contributed by atoms with Crippen LogP contribution in [0.25, 0.3) is 10.9 Å². The summed E-state index contributed by atoms with van der Waals surface area (Å²) in [6, 6.07) is 8.72. The molecule has 0 aliphatic heterocycles. The summed E-state index contributed by atoms with van der Waals surface area (Å²) in [6.07, 6.45) is 0. The molecule has 5 nitrogen and oxygen atoms in total. The van der Waals surface area contributed by atoms with Gasteiger partial charge in [-0.3, -0.25) is 4.79 Å². The lowest BCUT2D eigenvalue weighted by Gasteiger charge is -2.03. The maximum absolute atomic E-state index is 11.9. The van der Waals surface area contributed by atoms with Crippen molar-refractivity contribution < 1.29 is 0 Å². The van der Waals surface area contributed by atoms with Gasteiger partial charge in [0.25, 0.3) is 5.56 Å². The SMILES string of the molecule is N#CC(Cl)Cn1nnc2ccccc2c1=O. The van der Waals surface area contributed by atoms with E-state index >= 15 is 0 Å². The van der Waals surface area contributed by atoms with E-state index < -0.39 is 5.38 Å². The molecule has 0 bridgehead atoms. The Morgan fingerprint density at radius 1 is 1.50 bits per heavy atom. The molecular weight excluding hydrogens is 228 g/mol. The zero-order valence-electron chi connectivity index (χ0n) is 8.17. The molecule has 0 saturated heterocycles. The summed E-state index contributed by atoms with van der Waals surface area (Å²) in [4.78, 5) is 11.9. The van der Waals surface area contributed by atoms with Crippen molar-refractivity contribution in [2.45, 2.75) is 11.9 Å². The molecule has 0 amide bonds. The van der Waals surface area contributed by atoms with Crippen LogP contribution in [0.2, 0.25) is 0 Å². The number of hydrogen-bond donors (Lipinski definition) is 0. The van der Waals surface area contributed by atoms with Crippen molar-refractivity contribution in [3.05, 3.63) is 34.6 Å². The van der Waals surface area contributed by atoms with Gasteiger partial charge in [-0.25, -0.2) is 4.68 Å². The smallest absolute Gasteiger partial charge is 0.267 e. The van der Waals surface area contributed by atoms with E-state index in [0.29, 0.717) is 10.9 Å². The first-order valence-electron chi connectivity index (χ1n) is 4.58. The lowest BCUT2D eigenvalue weighted by Crippen LogP contribution is -2.27. The summed E-state index contributed by atoms with van der Waals surface area (Å²) in [5, 5.41) is 15.8. The summed E-state index contributed by atoms with van der Waals surface area (Å²) >= 11 is 5.63. The number of aromatic nitrogens is 3. The second kappa shape index (κ2) is 4.29. The van der Waals surface area contributed by atoms with Crippen LogP contribution in [-0.2, 0) is 6.54 Å². The Hall–Kier alpha value is -1.93. The van der Waals surface area contributed by atoms with E-state index in [2.05, 4.69) is 10.3 Å². The topological polar surface area (TPSA) is 71.6 Å². The third-order valence-electron chi connectivity index (χ3n) is 2.10. The minimum atomic E-state index is -0.784. The van der Waals surface area contributed by atoms with Crippen molar-refractivity contribution in [1.29, 1.82) is 5.26 Å². The molecule has 0 radical (unpaired) electrons. The van der Waals surface area contributed by atoms with Crippen molar-refractivity contribution in [2.24, 2.45) is 0 Å². The highest BCUT2D eigenvalue weighted by Crippen LogP contribution is 2.04. The molecule has 0 aliphatic rings. The first kappa shape index (κ1) is 10.6. The van der Waals surface area contributed by atoms with Gasteiger partial charge in [0, 0.05) is 0 Å². The van der Waals surface area contributed by atoms with Crippen LogP contribution >= 0.6 is 11.6 Å². The highest BCUT2D eigenvalue weighted by Gasteiger charge is 2.09.